The largest absolute Gasteiger partial charge is 0.481 e. The van der Waals surface area contributed by atoms with Crippen LogP contribution >= 0.6 is 0 Å². The topological polar surface area (TPSA) is 150 Å². The molecule has 0 spiro atoms. The Labute approximate surface area is 238 Å². The SMILES string of the molecule is CC[C@H](C)[C@H](NC(=O)[C@@H](Cc1ccccc1)n1c(=O)[nH]c2ccccc2c1=O)C(=O)NCC1CCC(C(=O)O)CC1. The highest BCUT2D eigenvalue weighted by Crippen LogP contribution is 2.28. The van der Waals surface area contributed by atoms with Gasteiger partial charge < -0.3 is 20.7 Å². The quantitative estimate of drug-likeness (QED) is 0.282. The molecule has 1 heterocycles. The highest BCUT2D eigenvalue weighted by molar-refractivity contribution is 5.89. The number of nitrogens with one attached hydrogen (secondary N) is 3. The number of hydrogen-bond donors (Lipinski definition) is 4. The van der Waals surface area contributed by atoms with Crippen molar-refractivity contribution in [2.45, 2.75) is 64.5 Å². The van der Waals surface area contributed by atoms with Crippen LogP contribution in [0.2, 0.25) is 0 Å². The van der Waals surface area contributed by atoms with Crippen LogP contribution in [0.4, 0.5) is 0 Å². The fourth-order valence-electron chi connectivity index (χ4n) is 5.52. The fourth-order valence-corrected chi connectivity index (χ4v) is 5.52. The summed E-state index contributed by atoms with van der Waals surface area (Å²) < 4.78 is 0.942. The van der Waals surface area contributed by atoms with Crippen LogP contribution in [-0.4, -0.2) is 45.0 Å². The maximum atomic E-state index is 13.9. The second-order valence-electron chi connectivity index (χ2n) is 11.0. The van der Waals surface area contributed by atoms with Gasteiger partial charge in [0.2, 0.25) is 11.8 Å². The van der Waals surface area contributed by atoms with Crippen molar-refractivity contribution in [2.24, 2.45) is 17.8 Å². The second-order valence-corrected chi connectivity index (χ2v) is 11.0. The molecule has 3 aromatic rings. The van der Waals surface area contributed by atoms with E-state index < -0.39 is 35.2 Å². The fraction of sp³-hybridized carbons (Fsp3) is 0.452. The third kappa shape index (κ3) is 7.11. The van der Waals surface area contributed by atoms with Gasteiger partial charge in [-0.25, -0.2) is 9.36 Å². The molecule has 1 saturated carbocycles. The van der Waals surface area contributed by atoms with Crippen LogP contribution in [0.15, 0.2) is 64.2 Å². The molecule has 0 bridgehead atoms. The van der Waals surface area contributed by atoms with Crippen LogP contribution < -0.4 is 21.9 Å². The maximum Gasteiger partial charge on any atom is 0.329 e. The molecule has 1 aromatic heterocycles. The van der Waals surface area contributed by atoms with E-state index in [-0.39, 0.29) is 35.5 Å². The average Bonchev–Trinajstić information content (AvgIpc) is 2.98. The van der Waals surface area contributed by atoms with E-state index in [9.17, 15) is 29.1 Å². The molecule has 4 rings (SSSR count). The zero-order valence-electron chi connectivity index (χ0n) is 23.5. The van der Waals surface area contributed by atoms with Crippen molar-refractivity contribution in [1.29, 1.82) is 0 Å². The molecule has 0 radical (unpaired) electrons. The van der Waals surface area contributed by atoms with Gasteiger partial charge in [-0.1, -0.05) is 62.7 Å². The van der Waals surface area contributed by atoms with Crippen LogP contribution in [-0.2, 0) is 20.8 Å². The third-order valence-electron chi connectivity index (χ3n) is 8.28. The van der Waals surface area contributed by atoms with E-state index in [0.717, 1.165) is 10.1 Å². The Balaban J connectivity index is 1.57. The highest BCUT2D eigenvalue weighted by atomic mass is 16.4. The number of carbonyl (C=O) groups excluding carboxylic acids is 2. The molecule has 41 heavy (non-hydrogen) atoms. The third-order valence-corrected chi connectivity index (χ3v) is 8.28. The minimum atomic E-state index is -1.19. The molecular formula is C31H38N4O6. The van der Waals surface area contributed by atoms with E-state index >= 15 is 0 Å². The molecule has 2 aromatic carbocycles. The standard InChI is InChI=1S/C31H38N4O6/c1-3-19(2)26(28(37)32-18-21-13-15-22(16-14-21)30(39)40)34-27(36)25(17-20-9-5-4-6-10-20)35-29(38)23-11-7-8-12-24(23)33-31(35)41/h4-12,19,21-22,25-26H,3,13-18H2,1-2H3,(H,32,37)(H,33,41)(H,34,36)(H,39,40)/t19-,21?,22?,25+,26-/m0/s1. The first-order valence-corrected chi connectivity index (χ1v) is 14.3. The monoisotopic (exact) mass is 562 g/mol. The minimum Gasteiger partial charge on any atom is -0.481 e. The molecule has 4 N–H and O–H groups in total. The predicted octanol–water partition coefficient (Wildman–Crippen LogP) is 3.01. The summed E-state index contributed by atoms with van der Waals surface area (Å²) in [5.74, 6) is -2.10. The summed E-state index contributed by atoms with van der Waals surface area (Å²) in [6, 6.07) is 13.7. The number of para-hydroxylation sites is 1. The summed E-state index contributed by atoms with van der Waals surface area (Å²) >= 11 is 0. The number of amides is 2. The van der Waals surface area contributed by atoms with E-state index in [1.165, 1.54) is 0 Å². The highest BCUT2D eigenvalue weighted by Gasteiger charge is 2.33. The average molecular weight is 563 g/mol. The molecule has 0 unspecified atom stereocenters. The zero-order valence-corrected chi connectivity index (χ0v) is 23.5. The van der Waals surface area contributed by atoms with Crippen molar-refractivity contribution in [3.05, 3.63) is 81.0 Å². The molecule has 0 saturated heterocycles. The number of benzene rings is 2. The Morgan fingerprint density at radius 3 is 2.29 bits per heavy atom. The lowest BCUT2D eigenvalue weighted by atomic mass is 9.82. The molecule has 1 aliphatic carbocycles. The number of aromatic amines is 1. The first-order valence-electron chi connectivity index (χ1n) is 14.3. The Bertz CT molecular complexity index is 1490. The number of fused-ring (bicyclic) bond motifs is 1. The molecule has 3 atom stereocenters. The van der Waals surface area contributed by atoms with Gasteiger partial charge in [0.05, 0.1) is 16.8 Å². The van der Waals surface area contributed by atoms with Gasteiger partial charge in [-0.2, -0.15) is 0 Å². The summed E-state index contributed by atoms with van der Waals surface area (Å²) in [5, 5.41) is 15.3. The number of H-pyrrole nitrogens is 1. The van der Waals surface area contributed by atoms with Crippen molar-refractivity contribution < 1.29 is 19.5 Å². The van der Waals surface area contributed by atoms with E-state index in [0.29, 0.717) is 44.2 Å². The number of carboxylic acids is 1. The van der Waals surface area contributed by atoms with Crippen LogP contribution in [0, 0.1) is 17.8 Å². The smallest absolute Gasteiger partial charge is 0.329 e. The normalized spacial score (nSPS) is 19.2. The Morgan fingerprint density at radius 2 is 1.63 bits per heavy atom. The maximum absolute atomic E-state index is 13.9. The van der Waals surface area contributed by atoms with Gasteiger partial charge in [-0.05, 0) is 55.2 Å². The van der Waals surface area contributed by atoms with E-state index in [4.69, 9.17) is 0 Å². The van der Waals surface area contributed by atoms with Gasteiger partial charge >= 0.3 is 11.7 Å². The number of hydrogen-bond acceptors (Lipinski definition) is 5. The van der Waals surface area contributed by atoms with Gasteiger partial charge in [-0.15, -0.1) is 0 Å². The summed E-state index contributed by atoms with van der Waals surface area (Å²) in [4.78, 5) is 67.8. The van der Waals surface area contributed by atoms with Crippen LogP contribution in [0.3, 0.4) is 0 Å². The Morgan fingerprint density at radius 1 is 0.976 bits per heavy atom. The summed E-state index contributed by atoms with van der Waals surface area (Å²) in [7, 11) is 0. The van der Waals surface area contributed by atoms with Crippen molar-refractivity contribution in [2.75, 3.05) is 6.54 Å². The van der Waals surface area contributed by atoms with Gasteiger partial charge in [0, 0.05) is 13.0 Å². The molecular weight excluding hydrogens is 524 g/mol. The Kier molecular flexibility index (Phi) is 9.75. The van der Waals surface area contributed by atoms with Crippen LogP contribution in [0.5, 0.6) is 0 Å². The summed E-state index contributed by atoms with van der Waals surface area (Å²) in [6.45, 7) is 4.18. The second kappa shape index (κ2) is 13.4. The van der Waals surface area contributed by atoms with Gasteiger partial charge in [0.25, 0.3) is 5.56 Å². The van der Waals surface area contributed by atoms with Crippen molar-refractivity contribution >= 4 is 28.7 Å². The molecule has 10 nitrogen and oxygen atoms in total. The van der Waals surface area contributed by atoms with Crippen LogP contribution in [0.1, 0.15) is 57.6 Å². The summed E-state index contributed by atoms with van der Waals surface area (Å²) in [6.07, 6.45) is 3.28. The first-order chi connectivity index (χ1) is 19.7. The lowest BCUT2D eigenvalue weighted by Crippen LogP contribution is -2.54. The van der Waals surface area contributed by atoms with E-state index in [1.807, 2.05) is 44.2 Å². The van der Waals surface area contributed by atoms with Crippen molar-refractivity contribution in [1.82, 2.24) is 20.2 Å². The van der Waals surface area contributed by atoms with E-state index in [1.54, 1.807) is 24.3 Å². The van der Waals surface area contributed by atoms with E-state index in [2.05, 4.69) is 15.6 Å². The zero-order chi connectivity index (χ0) is 29.5. The number of rotatable bonds is 11. The van der Waals surface area contributed by atoms with Crippen molar-refractivity contribution in [3.8, 4) is 0 Å². The number of carboxylic acid groups (broad SMARTS) is 1. The molecule has 2 amide bonds. The molecule has 1 fully saturated rings. The molecule has 1 aliphatic rings. The van der Waals surface area contributed by atoms with Gasteiger partial charge in [-0.3, -0.25) is 19.2 Å². The lowest BCUT2D eigenvalue weighted by Gasteiger charge is -2.29. The number of nitrogens with zero attached hydrogens (tertiary/aromatic N) is 1. The van der Waals surface area contributed by atoms with Crippen molar-refractivity contribution in [3.63, 3.8) is 0 Å². The van der Waals surface area contributed by atoms with Gasteiger partial charge in [0.1, 0.15) is 12.1 Å². The predicted molar refractivity (Wildman–Crippen MR) is 155 cm³/mol. The Hall–Kier alpha value is -4.21. The van der Waals surface area contributed by atoms with Gasteiger partial charge in [0.15, 0.2) is 0 Å². The molecule has 218 valence electrons. The minimum absolute atomic E-state index is 0.0790. The number of aromatic nitrogens is 2. The number of aliphatic carboxylic acids is 1. The summed E-state index contributed by atoms with van der Waals surface area (Å²) in [5.41, 5.74) is -0.145. The van der Waals surface area contributed by atoms with Crippen LogP contribution in [0.25, 0.3) is 10.9 Å². The first kappa shape index (κ1) is 29.8. The lowest BCUT2D eigenvalue weighted by molar-refractivity contribution is -0.143. The molecule has 10 heteroatoms. The number of carbonyl (C=O) groups is 3. The molecule has 0 aliphatic heterocycles.